The Kier molecular flexibility index (Phi) is 3.13. The van der Waals surface area contributed by atoms with Crippen molar-refractivity contribution in [2.24, 2.45) is 0 Å². The van der Waals surface area contributed by atoms with Gasteiger partial charge in [0.1, 0.15) is 11.6 Å². The zero-order valence-corrected chi connectivity index (χ0v) is 11.2. The standard InChI is InChI=1S/C16H15N3O/c1-20-14-9-5-8-13(10-14)19-16(17)11-15(18-19)12-6-3-2-4-7-12/h2-11H,17H2,1H3. The van der Waals surface area contributed by atoms with E-state index >= 15 is 0 Å². The monoisotopic (exact) mass is 265 g/mol. The highest BCUT2D eigenvalue weighted by Gasteiger charge is 2.09. The van der Waals surface area contributed by atoms with Crippen LogP contribution < -0.4 is 10.5 Å². The third-order valence-electron chi connectivity index (χ3n) is 3.10. The van der Waals surface area contributed by atoms with Gasteiger partial charge in [-0.2, -0.15) is 5.10 Å². The van der Waals surface area contributed by atoms with Crippen molar-refractivity contribution in [3.05, 3.63) is 60.7 Å². The van der Waals surface area contributed by atoms with Crippen LogP contribution in [0.2, 0.25) is 0 Å². The molecule has 20 heavy (non-hydrogen) atoms. The number of anilines is 1. The highest BCUT2D eigenvalue weighted by Crippen LogP contribution is 2.24. The van der Waals surface area contributed by atoms with Crippen molar-refractivity contribution in [3.63, 3.8) is 0 Å². The second kappa shape index (κ2) is 5.09. The predicted molar refractivity (Wildman–Crippen MR) is 80.0 cm³/mol. The summed E-state index contributed by atoms with van der Waals surface area (Å²) in [6.45, 7) is 0. The summed E-state index contributed by atoms with van der Waals surface area (Å²) in [7, 11) is 1.64. The summed E-state index contributed by atoms with van der Waals surface area (Å²) in [6.07, 6.45) is 0. The maximum Gasteiger partial charge on any atom is 0.127 e. The normalized spacial score (nSPS) is 10.4. The molecule has 0 spiro atoms. The molecule has 0 amide bonds. The first-order valence-electron chi connectivity index (χ1n) is 6.33. The first-order valence-corrected chi connectivity index (χ1v) is 6.33. The number of aromatic nitrogens is 2. The number of ether oxygens (including phenoxy) is 1. The fourth-order valence-electron chi connectivity index (χ4n) is 2.09. The Labute approximate surface area is 117 Å². The summed E-state index contributed by atoms with van der Waals surface area (Å²) in [6, 6.07) is 19.5. The van der Waals surface area contributed by atoms with Crippen LogP contribution in [-0.2, 0) is 0 Å². The zero-order valence-electron chi connectivity index (χ0n) is 11.2. The van der Waals surface area contributed by atoms with Crippen molar-refractivity contribution in [3.8, 4) is 22.7 Å². The quantitative estimate of drug-likeness (QED) is 0.791. The van der Waals surface area contributed by atoms with Crippen LogP contribution >= 0.6 is 0 Å². The van der Waals surface area contributed by atoms with Crippen molar-refractivity contribution in [2.75, 3.05) is 12.8 Å². The molecule has 3 rings (SSSR count). The second-order valence-electron chi connectivity index (χ2n) is 4.43. The lowest BCUT2D eigenvalue weighted by Crippen LogP contribution is -2.01. The van der Waals surface area contributed by atoms with Crippen LogP contribution in [0.1, 0.15) is 0 Å². The number of benzene rings is 2. The smallest absolute Gasteiger partial charge is 0.127 e. The van der Waals surface area contributed by atoms with E-state index in [0.717, 1.165) is 22.7 Å². The molecule has 0 atom stereocenters. The minimum absolute atomic E-state index is 0.595. The van der Waals surface area contributed by atoms with E-state index in [4.69, 9.17) is 10.5 Å². The first-order chi connectivity index (χ1) is 9.78. The molecule has 0 fully saturated rings. The third-order valence-corrected chi connectivity index (χ3v) is 3.10. The minimum atomic E-state index is 0.595. The Morgan fingerprint density at radius 3 is 2.55 bits per heavy atom. The number of nitrogen functional groups attached to an aromatic ring is 1. The van der Waals surface area contributed by atoms with Crippen molar-refractivity contribution in [1.82, 2.24) is 9.78 Å². The van der Waals surface area contributed by atoms with Gasteiger partial charge in [0.25, 0.3) is 0 Å². The van der Waals surface area contributed by atoms with Gasteiger partial charge >= 0.3 is 0 Å². The number of rotatable bonds is 3. The van der Waals surface area contributed by atoms with E-state index in [2.05, 4.69) is 5.10 Å². The van der Waals surface area contributed by atoms with Gasteiger partial charge in [-0.15, -0.1) is 0 Å². The summed E-state index contributed by atoms with van der Waals surface area (Å²) in [4.78, 5) is 0. The van der Waals surface area contributed by atoms with Crippen LogP contribution in [0.15, 0.2) is 60.7 Å². The molecule has 0 saturated carbocycles. The Balaban J connectivity index is 2.05. The fraction of sp³-hybridized carbons (Fsp3) is 0.0625. The van der Waals surface area contributed by atoms with E-state index in [1.54, 1.807) is 11.8 Å². The Morgan fingerprint density at radius 2 is 1.80 bits per heavy atom. The van der Waals surface area contributed by atoms with Gasteiger partial charge in [-0.25, -0.2) is 4.68 Å². The van der Waals surface area contributed by atoms with Crippen molar-refractivity contribution in [1.29, 1.82) is 0 Å². The van der Waals surface area contributed by atoms with E-state index < -0.39 is 0 Å². The topological polar surface area (TPSA) is 53.1 Å². The van der Waals surface area contributed by atoms with Gasteiger partial charge in [-0.05, 0) is 12.1 Å². The molecule has 0 saturated heterocycles. The average Bonchev–Trinajstić information content (AvgIpc) is 2.90. The third kappa shape index (κ3) is 2.23. The van der Waals surface area contributed by atoms with Crippen LogP contribution in [0.3, 0.4) is 0 Å². The molecule has 2 N–H and O–H groups in total. The summed E-state index contributed by atoms with van der Waals surface area (Å²) < 4.78 is 6.94. The lowest BCUT2D eigenvalue weighted by Gasteiger charge is -2.06. The molecule has 0 radical (unpaired) electrons. The number of hydrogen-bond acceptors (Lipinski definition) is 3. The van der Waals surface area contributed by atoms with Crippen LogP contribution in [0.5, 0.6) is 5.75 Å². The highest BCUT2D eigenvalue weighted by atomic mass is 16.5. The van der Waals surface area contributed by atoms with Crippen LogP contribution in [0.4, 0.5) is 5.82 Å². The van der Waals surface area contributed by atoms with Crippen molar-refractivity contribution in [2.45, 2.75) is 0 Å². The molecule has 1 aromatic heterocycles. The van der Waals surface area contributed by atoms with Gasteiger partial charge in [-0.3, -0.25) is 0 Å². The molecule has 4 nitrogen and oxygen atoms in total. The lowest BCUT2D eigenvalue weighted by atomic mass is 10.2. The first kappa shape index (κ1) is 12.3. The molecule has 2 aromatic carbocycles. The van der Waals surface area contributed by atoms with Gasteiger partial charge < -0.3 is 10.5 Å². The molecular weight excluding hydrogens is 250 g/mol. The van der Waals surface area contributed by atoms with Gasteiger partial charge in [-0.1, -0.05) is 36.4 Å². The molecule has 0 aliphatic heterocycles. The highest BCUT2D eigenvalue weighted by molar-refractivity contribution is 5.63. The maximum atomic E-state index is 6.06. The van der Waals surface area contributed by atoms with E-state index in [1.165, 1.54) is 0 Å². The number of hydrogen-bond donors (Lipinski definition) is 1. The van der Waals surface area contributed by atoms with Gasteiger partial charge in [0.2, 0.25) is 0 Å². The fourth-order valence-corrected chi connectivity index (χ4v) is 2.09. The molecule has 0 aliphatic rings. The summed E-state index contributed by atoms with van der Waals surface area (Å²) in [5.41, 5.74) is 8.84. The SMILES string of the molecule is COc1cccc(-n2nc(-c3ccccc3)cc2N)c1. The molecule has 1 heterocycles. The predicted octanol–water partition coefficient (Wildman–Crippen LogP) is 3.13. The van der Waals surface area contributed by atoms with E-state index in [0.29, 0.717) is 5.82 Å². The zero-order chi connectivity index (χ0) is 13.9. The van der Waals surface area contributed by atoms with Gasteiger partial charge in [0.15, 0.2) is 0 Å². The van der Waals surface area contributed by atoms with Crippen LogP contribution in [0.25, 0.3) is 16.9 Å². The Bertz CT molecular complexity index is 720. The largest absolute Gasteiger partial charge is 0.497 e. The molecule has 0 aliphatic carbocycles. The van der Waals surface area contributed by atoms with Crippen LogP contribution in [-0.4, -0.2) is 16.9 Å². The van der Waals surface area contributed by atoms with Crippen molar-refractivity contribution < 1.29 is 4.74 Å². The number of methoxy groups -OCH3 is 1. The van der Waals surface area contributed by atoms with Crippen LogP contribution in [0, 0.1) is 0 Å². The maximum absolute atomic E-state index is 6.06. The van der Waals surface area contributed by atoms with E-state index in [1.807, 2.05) is 60.7 Å². The summed E-state index contributed by atoms with van der Waals surface area (Å²) >= 11 is 0. The second-order valence-corrected chi connectivity index (χ2v) is 4.43. The molecule has 0 bridgehead atoms. The van der Waals surface area contributed by atoms with E-state index in [-0.39, 0.29) is 0 Å². The molecule has 0 unspecified atom stereocenters. The van der Waals surface area contributed by atoms with Gasteiger partial charge in [0.05, 0.1) is 18.5 Å². The van der Waals surface area contributed by atoms with Crippen molar-refractivity contribution >= 4 is 5.82 Å². The Morgan fingerprint density at radius 1 is 1.00 bits per heavy atom. The summed E-state index contributed by atoms with van der Waals surface area (Å²) in [5, 5.41) is 4.56. The summed E-state index contributed by atoms with van der Waals surface area (Å²) in [5.74, 6) is 1.37. The molecular formula is C16H15N3O. The minimum Gasteiger partial charge on any atom is -0.497 e. The molecule has 100 valence electrons. The average molecular weight is 265 g/mol. The molecule has 4 heteroatoms. The number of nitrogens with zero attached hydrogens (tertiary/aromatic N) is 2. The van der Waals surface area contributed by atoms with E-state index in [9.17, 15) is 0 Å². The lowest BCUT2D eigenvalue weighted by molar-refractivity contribution is 0.414. The Hall–Kier alpha value is -2.75. The molecule has 3 aromatic rings. The number of nitrogens with two attached hydrogens (primary N) is 1. The van der Waals surface area contributed by atoms with Gasteiger partial charge in [0, 0.05) is 17.7 Å².